The van der Waals surface area contributed by atoms with Gasteiger partial charge < -0.3 is 24.7 Å². The van der Waals surface area contributed by atoms with Gasteiger partial charge in [0.05, 0.1) is 12.0 Å². The Morgan fingerprint density at radius 1 is 1.37 bits per heavy atom. The van der Waals surface area contributed by atoms with E-state index in [2.05, 4.69) is 5.32 Å². The third-order valence-corrected chi connectivity index (χ3v) is 3.66. The average Bonchev–Trinajstić information content (AvgIpc) is 2.71. The van der Waals surface area contributed by atoms with Gasteiger partial charge in [0.25, 0.3) is 0 Å². The van der Waals surface area contributed by atoms with Crippen LogP contribution in [0.4, 0.5) is 0 Å². The number of fused-ring (bicyclic) bond motifs is 1. The molecule has 2 rings (SSSR count). The average molecular weight is 295 g/mol. The summed E-state index contributed by atoms with van der Waals surface area (Å²) in [5.74, 6) is 0.0368. The summed E-state index contributed by atoms with van der Waals surface area (Å²) in [5.41, 5.74) is -0.172. The van der Waals surface area contributed by atoms with Crippen LogP contribution in [0.25, 0.3) is 0 Å². The minimum atomic E-state index is -4.64. The van der Waals surface area contributed by atoms with Gasteiger partial charge in [0.1, 0.15) is 0 Å². The molecule has 2 fully saturated rings. The lowest BCUT2D eigenvalue weighted by atomic mass is 9.76. The van der Waals surface area contributed by atoms with E-state index in [0.29, 0.717) is 12.6 Å². The number of phosphoric acid groups is 1. The smallest absolute Gasteiger partial charge is 0.466 e. The zero-order valence-electron chi connectivity index (χ0n) is 11.0. The fourth-order valence-corrected chi connectivity index (χ4v) is 2.97. The molecule has 19 heavy (non-hydrogen) atoms. The molecular formula is C11H22NO6P. The Hall–Kier alpha value is -0.460. The largest absolute Gasteiger partial charge is 0.466 e. The molecule has 4 N–H and O–H groups in total. The van der Waals surface area contributed by atoms with Gasteiger partial charge in [0, 0.05) is 6.04 Å². The predicted molar refractivity (Wildman–Crippen MR) is 68.2 cm³/mol. The summed E-state index contributed by atoms with van der Waals surface area (Å²) in [4.78, 5) is 33.5. The van der Waals surface area contributed by atoms with Crippen LogP contribution in [0.15, 0.2) is 0 Å². The molecule has 0 amide bonds. The van der Waals surface area contributed by atoms with Crippen molar-refractivity contribution < 1.29 is 28.8 Å². The zero-order chi connectivity index (χ0) is 14.5. The van der Waals surface area contributed by atoms with Crippen LogP contribution in [0.2, 0.25) is 0 Å². The summed E-state index contributed by atoms with van der Waals surface area (Å²) in [5, 5.41) is 3.46. The highest BCUT2D eigenvalue weighted by atomic mass is 31.2. The maximum absolute atomic E-state index is 11.9. The second-order valence-corrected chi connectivity index (χ2v) is 5.92. The van der Waals surface area contributed by atoms with Gasteiger partial charge in [-0.25, -0.2) is 4.57 Å². The maximum atomic E-state index is 11.9. The van der Waals surface area contributed by atoms with E-state index in [1.165, 1.54) is 0 Å². The predicted octanol–water partition coefficient (Wildman–Crippen LogP) is 0.543. The molecule has 0 bridgehead atoms. The van der Waals surface area contributed by atoms with Crippen molar-refractivity contribution >= 4 is 13.8 Å². The highest BCUT2D eigenvalue weighted by Gasteiger charge is 2.50. The van der Waals surface area contributed by atoms with Crippen molar-refractivity contribution in [3.63, 3.8) is 0 Å². The number of nitrogens with one attached hydrogen (secondary N) is 1. The summed E-state index contributed by atoms with van der Waals surface area (Å²) < 4.78 is 14.1. The van der Waals surface area contributed by atoms with E-state index in [1.54, 1.807) is 0 Å². The molecule has 1 saturated carbocycles. The summed E-state index contributed by atoms with van der Waals surface area (Å²) in [6.45, 7) is 3.45. The van der Waals surface area contributed by atoms with Crippen LogP contribution in [0.1, 0.15) is 39.0 Å². The third kappa shape index (κ3) is 4.85. The van der Waals surface area contributed by atoms with Gasteiger partial charge in [-0.15, -0.1) is 0 Å². The van der Waals surface area contributed by atoms with E-state index in [4.69, 9.17) is 24.0 Å². The van der Waals surface area contributed by atoms with Crippen LogP contribution in [0.3, 0.4) is 0 Å². The van der Waals surface area contributed by atoms with Crippen LogP contribution in [-0.2, 0) is 14.1 Å². The van der Waals surface area contributed by atoms with Crippen molar-refractivity contribution in [1.82, 2.24) is 5.32 Å². The SMILES string of the molecule is CCOC(=O)C12CCCNC1CCC2.O=P(O)(O)O. The van der Waals surface area contributed by atoms with Crippen molar-refractivity contribution in [2.45, 2.75) is 45.1 Å². The van der Waals surface area contributed by atoms with Crippen molar-refractivity contribution in [2.75, 3.05) is 13.2 Å². The van der Waals surface area contributed by atoms with E-state index in [0.717, 1.165) is 38.6 Å². The number of piperidine rings is 1. The van der Waals surface area contributed by atoms with Gasteiger partial charge >= 0.3 is 13.8 Å². The van der Waals surface area contributed by atoms with Gasteiger partial charge in [0.2, 0.25) is 0 Å². The van der Waals surface area contributed by atoms with Crippen LogP contribution >= 0.6 is 7.82 Å². The maximum Gasteiger partial charge on any atom is 0.466 e. The fourth-order valence-electron chi connectivity index (χ4n) is 2.97. The molecule has 1 aliphatic heterocycles. The monoisotopic (exact) mass is 295 g/mol. The van der Waals surface area contributed by atoms with Crippen LogP contribution in [0, 0.1) is 5.41 Å². The van der Waals surface area contributed by atoms with Gasteiger partial charge in [-0.05, 0) is 39.2 Å². The normalized spacial score (nSPS) is 30.0. The van der Waals surface area contributed by atoms with E-state index in [-0.39, 0.29) is 11.4 Å². The molecule has 1 saturated heterocycles. The topological polar surface area (TPSA) is 116 Å². The summed E-state index contributed by atoms with van der Waals surface area (Å²) in [6.07, 6.45) is 5.44. The van der Waals surface area contributed by atoms with Gasteiger partial charge in [0.15, 0.2) is 0 Å². The summed E-state index contributed by atoms with van der Waals surface area (Å²) in [7, 11) is -4.64. The number of hydrogen-bond acceptors (Lipinski definition) is 4. The number of carbonyl (C=O) groups excluding carboxylic acids is 1. The van der Waals surface area contributed by atoms with Gasteiger partial charge in [-0.1, -0.05) is 6.42 Å². The van der Waals surface area contributed by atoms with Crippen LogP contribution in [0.5, 0.6) is 0 Å². The molecule has 0 aromatic rings. The van der Waals surface area contributed by atoms with Crippen molar-refractivity contribution in [3.8, 4) is 0 Å². The lowest BCUT2D eigenvalue weighted by molar-refractivity contribution is -0.158. The molecule has 2 atom stereocenters. The Morgan fingerprint density at radius 2 is 1.95 bits per heavy atom. The Balaban J connectivity index is 0.000000312. The zero-order valence-corrected chi connectivity index (χ0v) is 11.9. The molecule has 2 unspecified atom stereocenters. The quantitative estimate of drug-likeness (QED) is 0.434. The second-order valence-electron chi connectivity index (χ2n) is 4.89. The van der Waals surface area contributed by atoms with Crippen LogP contribution < -0.4 is 5.32 Å². The summed E-state index contributed by atoms with van der Waals surface area (Å²) >= 11 is 0. The molecular weight excluding hydrogens is 273 g/mol. The van der Waals surface area contributed by atoms with Crippen molar-refractivity contribution in [2.24, 2.45) is 5.41 Å². The highest BCUT2D eigenvalue weighted by molar-refractivity contribution is 7.45. The molecule has 0 radical (unpaired) electrons. The standard InChI is InChI=1S/C11H19NO2.H3O4P/c1-2-14-10(13)11-6-3-5-9(11)12-8-4-7-11;1-5(2,3)4/h9,12H,2-8H2,1H3;(H3,1,2,3,4). The lowest BCUT2D eigenvalue weighted by Gasteiger charge is -2.37. The molecule has 0 aromatic heterocycles. The van der Waals surface area contributed by atoms with Crippen LogP contribution in [-0.4, -0.2) is 39.8 Å². The third-order valence-electron chi connectivity index (χ3n) is 3.66. The first-order valence-electron chi connectivity index (χ1n) is 6.48. The first-order valence-corrected chi connectivity index (χ1v) is 8.05. The van der Waals surface area contributed by atoms with Crippen molar-refractivity contribution in [1.29, 1.82) is 0 Å². The number of carbonyl (C=O) groups is 1. The molecule has 2 aliphatic rings. The minimum Gasteiger partial charge on any atom is -0.466 e. The number of esters is 1. The Bertz CT molecular complexity index is 349. The first kappa shape index (κ1) is 16.6. The molecule has 1 heterocycles. The van der Waals surface area contributed by atoms with E-state index >= 15 is 0 Å². The number of rotatable bonds is 2. The Morgan fingerprint density at radius 3 is 2.53 bits per heavy atom. The molecule has 0 spiro atoms. The van der Waals surface area contributed by atoms with E-state index in [1.807, 2.05) is 6.92 Å². The first-order chi connectivity index (χ1) is 8.79. The number of hydrogen-bond donors (Lipinski definition) is 4. The molecule has 0 aromatic carbocycles. The Labute approximate surface area is 112 Å². The van der Waals surface area contributed by atoms with E-state index < -0.39 is 7.82 Å². The number of ether oxygens (including phenoxy) is 1. The molecule has 7 nitrogen and oxygen atoms in total. The molecule has 8 heteroatoms. The van der Waals surface area contributed by atoms with Gasteiger partial charge in [-0.3, -0.25) is 4.79 Å². The fraction of sp³-hybridized carbons (Fsp3) is 0.909. The highest BCUT2D eigenvalue weighted by Crippen LogP contribution is 2.45. The second kappa shape index (κ2) is 6.81. The summed E-state index contributed by atoms with van der Waals surface area (Å²) in [6, 6.07) is 0.385. The van der Waals surface area contributed by atoms with Gasteiger partial charge in [-0.2, -0.15) is 0 Å². The molecule has 112 valence electrons. The van der Waals surface area contributed by atoms with E-state index in [9.17, 15) is 4.79 Å². The molecule has 1 aliphatic carbocycles. The van der Waals surface area contributed by atoms with Crippen molar-refractivity contribution in [3.05, 3.63) is 0 Å². The minimum absolute atomic E-state index is 0.0368. The Kier molecular flexibility index (Phi) is 5.95. The lowest BCUT2D eigenvalue weighted by Crippen LogP contribution is -2.51.